The number of nitrogens with zero attached hydrogens (tertiary/aromatic N) is 1. The van der Waals surface area contributed by atoms with Gasteiger partial charge in [-0.25, -0.2) is 4.98 Å². The Hall–Kier alpha value is -2.57. The van der Waals surface area contributed by atoms with E-state index in [1.165, 1.54) is 6.92 Å². The third kappa shape index (κ3) is 3.03. The number of aromatic amines is 1. The molecular formula is C15H20N4O3. The topological polar surface area (TPSA) is 96.1 Å². The Morgan fingerprint density at radius 3 is 2.73 bits per heavy atom. The number of rotatable bonds is 5. The first kappa shape index (κ1) is 15.8. The molecule has 2 rings (SSSR count). The predicted molar refractivity (Wildman–Crippen MR) is 83.1 cm³/mol. The molecule has 0 aliphatic heterocycles. The van der Waals surface area contributed by atoms with Gasteiger partial charge in [0, 0.05) is 38.1 Å². The van der Waals surface area contributed by atoms with Gasteiger partial charge in [0.05, 0.1) is 18.1 Å². The van der Waals surface area contributed by atoms with Gasteiger partial charge in [-0.2, -0.15) is 0 Å². The van der Waals surface area contributed by atoms with Crippen molar-refractivity contribution in [2.45, 2.75) is 19.8 Å². The number of amides is 2. The number of H-pyrrole nitrogens is 1. The zero-order valence-corrected chi connectivity index (χ0v) is 13.1. The Kier molecular flexibility index (Phi) is 4.65. The van der Waals surface area contributed by atoms with E-state index in [1.54, 1.807) is 20.2 Å². The number of nitrogens with one attached hydrogen (secondary N) is 3. The van der Waals surface area contributed by atoms with Crippen molar-refractivity contribution in [3.63, 3.8) is 0 Å². The molecule has 2 aromatic heterocycles. The van der Waals surface area contributed by atoms with Crippen LogP contribution in [0.15, 0.2) is 12.1 Å². The van der Waals surface area contributed by atoms with Crippen molar-refractivity contribution in [2.24, 2.45) is 0 Å². The fraction of sp³-hybridized carbons (Fsp3) is 0.400. The van der Waals surface area contributed by atoms with Crippen molar-refractivity contribution < 1.29 is 14.3 Å². The highest BCUT2D eigenvalue weighted by molar-refractivity contribution is 6.00. The summed E-state index contributed by atoms with van der Waals surface area (Å²) in [4.78, 5) is 30.8. The maximum atomic E-state index is 12.1. The molecule has 0 saturated heterocycles. The van der Waals surface area contributed by atoms with Crippen molar-refractivity contribution in [3.05, 3.63) is 23.4 Å². The summed E-state index contributed by atoms with van der Waals surface area (Å²) >= 11 is 0. The van der Waals surface area contributed by atoms with Crippen LogP contribution in [0.5, 0.6) is 5.88 Å². The highest BCUT2D eigenvalue weighted by Gasteiger charge is 2.23. The highest BCUT2D eigenvalue weighted by atomic mass is 16.5. The second kappa shape index (κ2) is 6.46. The second-order valence-corrected chi connectivity index (χ2v) is 5.08. The van der Waals surface area contributed by atoms with Gasteiger partial charge in [0.1, 0.15) is 5.69 Å². The Balaban J connectivity index is 2.54. The van der Waals surface area contributed by atoms with Crippen molar-refractivity contribution in [1.29, 1.82) is 0 Å². The average molecular weight is 304 g/mol. The molecule has 0 aromatic carbocycles. The average Bonchev–Trinajstić information content (AvgIpc) is 2.90. The Bertz CT molecular complexity index is 708. The lowest BCUT2D eigenvalue weighted by molar-refractivity contribution is -0.119. The van der Waals surface area contributed by atoms with Crippen LogP contribution in [0, 0.1) is 0 Å². The maximum absolute atomic E-state index is 12.1. The molecule has 1 atom stereocenters. The summed E-state index contributed by atoms with van der Waals surface area (Å²) in [5.41, 5.74) is 2.65. The molecule has 3 N–H and O–H groups in total. The minimum Gasteiger partial charge on any atom is -0.481 e. The zero-order chi connectivity index (χ0) is 16.3. The zero-order valence-electron chi connectivity index (χ0n) is 13.1. The first-order valence-electron chi connectivity index (χ1n) is 7.01. The van der Waals surface area contributed by atoms with Crippen LogP contribution in [-0.4, -0.2) is 42.5 Å². The summed E-state index contributed by atoms with van der Waals surface area (Å²) in [6, 6.07) is 3.55. The summed E-state index contributed by atoms with van der Waals surface area (Å²) in [7, 11) is 3.12. The molecule has 7 heteroatoms. The molecule has 0 fully saturated rings. The smallest absolute Gasteiger partial charge is 0.267 e. The number of methoxy groups -OCH3 is 1. The van der Waals surface area contributed by atoms with Gasteiger partial charge in [-0.3, -0.25) is 9.59 Å². The van der Waals surface area contributed by atoms with E-state index in [0.29, 0.717) is 23.6 Å². The highest BCUT2D eigenvalue weighted by Crippen LogP contribution is 2.29. The SMILES string of the molecule is CNC(=O)c1[nH]c2ccc(OC)nc2c1[C@@H](C)CNC(C)=O. The van der Waals surface area contributed by atoms with Gasteiger partial charge in [0.2, 0.25) is 11.8 Å². The largest absolute Gasteiger partial charge is 0.481 e. The van der Waals surface area contributed by atoms with Gasteiger partial charge in [0.25, 0.3) is 5.91 Å². The van der Waals surface area contributed by atoms with E-state index in [0.717, 1.165) is 11.1 Å². The molecule has 22 heavy (non-hydrogen) atoms. The van der Waals surface area contributed by atoms with Gasteiger partial charge in [0.15, 0.2) is 0 Å². The molecule has 0 unspecified atom stereocenters. The van der Waals surface area contributed by atoms with Crippen molar-refractivity contribution in [3.8, 4) is 5.88 Å². The first-order valence-corrected chi connectivity index (χ1v) is 7.01. The molecule has 0 radical (unpaired) electrons. The molecule has 118 valence electrons. The molecule has 2 heterocycles. The summed E-state index contributed by atoms with van der Waals surface area (Å²) in [6.45, 7) is 3.82. The van der Waals surface area contributed by atoms with Gasteiger partial charge in [-0.05, 0) is 6.07 Å². The lowest BCUT2D eigenvalue weighted by Crippen LogP contribution is -2.26. The number of hydrogen-bond acceptors (Lipinski definition) is 4. The van der Waals surface area contributed by atoms with Crippen LogP contribution in [0.3, 0.4) is 0 Å². The Morgan fingerprint density at radius 1 is 1.41 bits per heavy atom. The number of carbonyl (C=O) groups excluding carboxylic acids is 2. The second-order valence-electron chi connectivity index (χ2n) is 5.08. The van der Waals surface area contributed by atoms with Crippen LogP contribution in [0.1, 0.15) is 35.8 Å². The molecule has 0 aliphatic carbocycles. The van der Waals surface area contributed by atoms with Gasteiger partial charge < -0.3 is 20.4 Å². The lowest BCUT2D eigenvalue weighted by Gasteiger charge is -2.13. The molecule has 2 aromatic rings. The quantitative estimate of drug-likeness (QED) is 0.772. The maximum Gasteiger partial charge on any atom is 0.267 e. The van der Waals surface area contributed by atoms with Crippen molar-refractivity contribution in [1.82, 2.24) is 20.6 Å². The van der Waals surface area contributed by atoms with Crippen LogP contribution >= 0.6 is 0 Å². The van der Waals surface area contributed by atoms with E-state index in [2.05, 4.69) is 20.6 Å². The fourth-order valence-corrected chi connectivity index (χ4v) is 2.36. The van der Waals surface area contributed by atoms with E-state index < -0.39 is 0 Å². The minimum absolute atomic E-state index is 0.0791. The minimum atomic E-state index is -0.221. The van der Waals surface area contributed by atoms with E-state index in [1.807, 2.05) is 13.0 Å². The standard InChI is InChI=1S/C15H20N4O3/c1-8(7-17-9(2)20)12-13-10(5-6-11(19-13)22-4)18-14(12)15(21)16-3/h5-6,8,18H,7H2,1-4H3,(H,16,21)(H,17,20)/t8-/m0/s1. The number of carbonyl (C=O) groups is 2. The van der Waals surface area contributed by atoms with Gasteiger partial charge in [-0.1, -0.05) is 6.92 Å². The molecule has 0 saturated carbocycles. The van der Waals surface area contributed by atoms with Crippen LogP contribution in [0.2, 0.25) is 0 Å². The van der Waals surface area contributed by atoms with E-state index in [-0.39, 0.29) is 17.7 Å². The molecule has 2 amide bonds. The monoisotopic (exact) mass is 304 g/mol. The van der Waals surface area contributed by atoms with E-state index in [4.69, 9.17) is 4.74 Å². The molecule has 0 bridgehead atoms. The van der Waals surface area contributed by atoms with Gasteiger partial charge in [-0.15, -0.1) is 0 Å². The summed E-state index contributed by atoms with van der Waals surface area (Å²) in [6.07, 6.45) is 0. The third-order valence-electron chi connectivity index (χ3n) is 3.47. The van der Waals surface area contributed by atoms with Crippen LogP contribution in [0.25, 0.3) is 11.0 Å². The normalized spacial score (nSPS) is 12.0. The van der Waals surface area contributed by atoms with Crippen molar-refractivity contribution in [2.75, 3.05) is 20.7 Å². The summed E-state index contributed by atoms with van der Waals surface area (Å²) in [5, 5.41) is 5.38. The van der Waals surface area contributed by atoms with Gasteiger partial charge >= 0.3 is 0 Å². The fourth-order valence-electron chi connectivity index (χ4n) is 2.36. The Labute approximate surface area is 128 Å². The predicted octanol–water partition coefficient (Wildman–Crippen LogP) is 1.17. The lowest BCUT2D eigenvalue weighted by atomic mass is 9.99. The number of fused-ring (bicyclic) bond motifs is 1. The summed E-state index contributed by atoms with van der Waals surface area (Å²) in [5.74, 6) is 0.0628. The van der Waals surface area contributed by atoms with Crippen LogP contribution in [0.4, 0.5) is 0 Å². The number of ether oxygens (including phenoxy) is 1. The molecule has 7 nitrogen and oxygen atoms in total. The van der Waals surface area contributed by atoms with Crippen LogP contribution < -0.4 is 15.4 Å². The molecule has 0 aliphatic rings. The first-order chi connectivity index (χ1) is 10.5. The summed E-state index contributed by atoms with van der Waals surface area (Å²) < 4.78 is 5.16. The molecular weight excluding hydrogens is 284 g/mol. The third-order valence-corrected chi connectivity index (χ3v) is 3.47. The van der Waals surface area contributed by atoms with E-state index >= 15 is 0 Å². The Morgan fingerprint density at radius 2 is 2.14 bits per heavy atom. The molecule has 0 spiro atoms. The van der Waals surface area contributed by atoms with Crippen molar-refractivity contribution >= 4 is 22.8 Å². The van der Waals surface area contributed by atoms with Crippen LogP contribution in [-0.2, 0) is 4.79 Å². The number of aromatic nitrogens is 2. The number of hydrogen-bond donors (Lipinski definition) is 3. The number of pyridine rings is 1. The van der Waals surface area contributed by atoms with E-state index in [9.17, 15) is 9.59 Å².